The molecule has 3 aromatic carbocycles. The summed E-state index contributed by atoms with van der Waals surface area (Å²) in [6.07, 6.45) is 1.50. The topological polar surface area (TPSA) is 110 Å². The van der Waals surface area contributed by atoms with Crippen LogP contribution in [0.4, 0.5) is 5.69 Å². The Bertz CT molecular complexity index is 991. The molecular formula is C24H28N4O2. The van der Waals surface area contributed by atoms with Crippen LogP contribution in [0.1, 0.15) is 18.4 Å². The number of nitrogens with two attached hydrogens (primary N) is 2. The second-order valence-electron chi connectivity index (χ2n) is 7.34. The molecule has 0 aromatic heterocycles. The molecule has 3 aromatic rings. The van der Waals surface area contributed by atoms with Gasteiger partial charge in [-0.3, -0.25) is 9.59 Å². The molecule has 156 valence electrons. The standard InChI is InChI=1S/C24H28N4O2/c25-14-6-11-21(26)23(29)28-22(15-17-7-2-1-3-8-17)24(30)27-20-13-12-18-9-4-5-10-19(18)16-20/h1-5,7-10,12-13,16,21-22H,6,11,14-15,25-26H2,(H,27,30)(H,28,29)/t21-,22-/m0/s1. The van der Waals surface area contributed by atoms with Gasteiger partial charge >= 0.3 is 0 Å². The molecule has 0 fully saturated rings. The molecule has 2 atom stereocenters. The van der Waals surface area contributed by atoms with Gasteiger partial charge in [-0.05, 0) is 47.9 Å². The Morgan fingerprint density at radius 1 is 0.867 bits per heavy atom. The van der Waals surface area contributed by atoms with E-state index in [0.29, 0.717) is 31.5 Å². The van der Waals surface area contributed by atoms with Crippen LogP contribution in [0.15, 0.2) is 72.8 Å². The first-order chi connectivity index (χ1) is 14.6. The monoisotopic (exact) mass is 404 g/mol. The van der Waals surface area contributed by atoms with Gasteiger partial charge in [0, 0.05) is 12.1 Å². The fourth-order valence-electron chi connectivity index (χ4n) is 3.30. The smallest absolute Gasteiger partial charge is 0.247 e. The molecular weight excluding hydrogens is 376 g/mol. The zero-order chi connectivity index (χ0) is 21.3. The van der Waals surface area contributed by atoms with Gasteiger partial charge in [-0.1, -0.05) is 60.7 Å². The molecule has 0 unspecified atom stereocenters. The lowest BCUT2D eigenvalue weighted by Crippen LogP contribution is -2.51. The van der Waals surface area contributed by atoms with Crippen molar-refractivity contribution in [3.8, 4) is 0 Å². The first-order valence-electron chi connectivity index (χ1n) is 10.2. The van der Waals surface area contributed by atoms with Crippen molar-refractivity contribution in [2.45, 2.75) is 31.3 Å². The highest BCUT2D eigenvalue weighted by Gasteiger charge is 2.24. The van der Waals surface area contributed by atoms with Crippen molar-refractivity contribution in [2.24, 2.45) is 11.5 Å². The molecule has 0 spiro atoms. The Morgan fingerprint density at radius 2 is 1.57 bits per heavy atom. The van der Waals surface area contributed by atoms with Crippen molar-refractivity contribution >= 4 is 28.3 Å². The van der Waals surface area contributed by atoms with E-state index in [1.165, 1.54) is 0 Å². The molecule has 0 bridgehead atoms. The Balaban J connectivity index is 1.75. The summed E-state index contributed by atoms with van der Waals surface area (Å²) in [7, 11) is 0. The molecule has 6 nitrogen and oxygen atoms in total. The Hall–Kier alpha value is -3.22. The average molecular weight is 405 g/mol. The Labute approximate surface area is 176 Å². The molecule has 2 amide bonds. The number of hydrogen-bond acceptors (Lipinski definition) is 4. The van der Waals surface area contributed by atoms with E-state index in [2.05, 4.69) is 10.6 Å². The maximum Gasteiger partial charge on any atom is 0.247 e. The van der Waals surface area contributed by atoms with Crippen LogP contribution in [0.2, 0.25) is 0 Å². The van der Waals surface area contributed by atoms with Crippen LogP contribution >= 0.6 is 0 Å². The van der Waals surface area contributed by atoms with Crippen LogP contribution in [0, 0.1) is 0 Å². The highest BCUT2D eigenvalue weighted by atomic mass is 16.2. The number of benzene rings is 3. The second-order valence-corrected chi connectivity index (χ2v) is 7.34. The number of nitrogens with one attached hydrogen (secondary N) is 2. The lowest BCUT2D eigenvalue weighted by Gasteiger charge is -2.21. The second kappa shape index (κ2) is 10.5. The fourth-order valence-corrected chi connectivity index (χ4v) is 3.30. The molecule has 0 saturated carbocycles. The van der Waals surface area contributed by atoms with Crippen molar-refractivity contribution in [1.29, 1.82) is 0 Å². The van der Waals surface area contributed by atoms with Gasteiger partial charge in [0.05, 0.1) is 6.04 Å². The summed E-state index contributed by atoms with van der Waals surface area (Å²) in [6, 6.07) is 21.8. The van der Waals surface area contributed by atoms with E-state index in [0.717, 1.165) is 16.3 Å². The van der Waals surface area contributed by atoms with Gasteiger partial charge in [-0.15, -0.1) is 0 Å². The quantitative estimate of drug-likeness (QED) is 0.439. The molecule has 30 heavy (non-hydrogen) atoms. The molecule has 0 heterocycles. The van der Waals surface area contributed by atoms with E-state index in [4.69, 9.17) is 11.5 Å². The zero-order valence-electron chi connectivity index (χ0n) is 16.9. The van der Waals surface area contributed by atoms with E-state index >= 15 is 0 Å². The lowest BCUT2D eigenvalue weighted by molar-refractivity contribution is -0.127. The third-order valence-corrected chi connectivity index (χ3v) is 4.99. The third kappa shape index (κ3) is 5.89. The summed E-state index contributed by atoms with van der Waals surface area (Å²) >= 11 is 0. The number of fused-ring (bicyclic) bond motifs is 1. The van der Waals surface area contributed by atoms with Crippen LogP contribution in [-0.2, 0) is 16.0 Å². The summed E-state index contributed by atoms with van der Waals surface area (Å²) in [4.78, 5) is 25.6. The summed E-state index contributed by atoms with van der Waals surface area (Å²) in [5.41, 5.74) is 13.1. The van der Waals surface area contributed by atoms with Gasteiger partial charge in [0.25, 0.3) is 0 Å². The summed E-state index contributed by atoms with van der Waals surface area (Å²) in [6.45, 7) is 0.469. The number of carbonyl (C=O) groups is 2. The lowest BCUT2D eigenvalue weighted by atomic mass is 10.0. The minimum atomic E-state index is -0.740. The van der Waals surface area contributed by atoms with E-state index in [9.17, 15) is 9.59 Å². The number of anilines is 1. The SMILES string of the molecule is NCCC[C@H](N)C(=O)N[C@@H](Cc1ccccc1)C(=O)Nc1ccc2ccccc2c1. The molecule has 6 N–H and O–H groups in total. The van der Waals surface area contributed by atoms with Crippen LogP contribution in [0.25, 0.3) is 10.8 Å². The third-order valence-electron chi connectivity index (χ3n) is 4.99. The number of carbonyl (C=O) groups excluding carboxylic acids is 2. The van der Waals surface area contributed by atoms with Gasteiger partial charge in [0.1, 0.15) is 6.04 Å². The largest absolute Gasteiger partial charge is 0.343 e. The molecule has 0 aliphatic heterocycles. The number of amides is 2. The summed E-state index contributed by atoms with van der Waals surface area (Å²) in [5.74, 6) is -0.633. The van der Waals surface area contributed by atoms with Crippen LogP contribution in [-0.4, -0.2) is 30.4 Å². The van der Waals surface area contributed by atoms with Crippen molar-refractivity contribution in [1.82, 2.24) is 5.32 Å². The summed E-state index contributed by atoms with van der Waals surface area (Å²) in [5, 5.41) is 7.87. The van der Waals surface area contributed by atoms with Crippen molar-refractivity contribution < 1.29 is 9.59 Å². The van der Waals surface area contributed by atoms with Gasteiger partial charge in [0.15, 0.2) is 0 Å². The highest BCUT2D eigenvalue weighted by molar-refractivity contribution is 5.99. The first-order valence-corrected chi connectivity index (χ1v) is 10.2. The van der Waals surface area contributed by atoms with Crippen molar-refractivity contribution in [3.05, 3.63) is 78.4 Å². The minimum absolute atomic E-state index is 0.284. The normalized spacial score (nSPS) is 12.9. The molecule has 0 saturated heterocycles. The van der Waals surface area contributed by atoms with E-state index < -0.39 is 12.1 Å². The molecule has 0 aliphatic carbocycles. The predicted octanol–water partition coefficient (Wildman–Crippen LogP) is 2.57. The Morgan fingerprint density at radius 3 is 2.30 bits per heavy atom. The van der Waals surface area contributed by atoms with Crippen LogP contribution in [0.3, 0.4) is 0 Å². The molecule has 0 radical (unpaired) electrons. The molecule has 6 heteroatoms. The maximum atomic E-state index is 13.0. The van der Waals surface area contributed by atoms with Gasteiger partial charge in [-0.25, -0.2) is 0 Å². The number of rotatable bonds is 9. The maximum absolute atomic E-state index is 13.0. The molecule has 3 rings (SSSR count). The van der Waals surface area contributed by atoms with Gasteiger partial charge < -0.3 is 22.1 Å². The minimum Gasteiger partial charge on any atom is -0.343 e. The summed E-state index contributed by atoms with van der Waals surface area (Å²) < 4.78 is 0. The zero-order valence-corrected chi connectivity index (χ0v) is 16.9. The van der Waals surface area contributed by atoms with Crippen molar-refractivity contribution in [3.63, 3.8) is 0 Å². The van der Waals surface area contributed by atoms with Crippen LogP contribution in [0.5, 0.6) is 0 Å². The first kappa shape index (κ1) is 21.5. The van der Waals surface area contributed by atoms with Crippen molar-refractivity contribution in [2.75, 3.05) is 11.9 Å². The predicted molar refractivity (Wildman–Crippen MR) is 121 cm³/mol. The van der Waals surface area contributed by atoms with E-state index in [1.807, 2.05) is 72.8 Å². The van der Waals surface area contributed by atoms with Gasteiger partial charge in [-0.2, -0.15) is 0 Å². The Kier molecular flexibility index (Phi) is 7.54. The van der Waals surface area contributed by atoms with Crippen LogP contribution < -0.4 is 22.1 Å². The highest BCUT2D eigenvalue weighted by Crippen LogP contribution is 2.19. The number of hydrogen-bond donors (Lipinski definition) is 4. The average Bonchev–Trinajstić information content (AvgIpc) is 2.77. The molecule has 0 aliphatic rings. The van der Waals surface area contributed by atoms with E-state index in [-0.39, 0.29) is 11.8 Å². The van der Waals surface area contributed by atoms with Gasteiger partial charge in [0.2, 0.25) is 11.8 Å². The fraction of sp³-hybridized carbons (Fsp3) is 0.250. The van der Waals surface area contributed by atoms with E-state index in [1.54, 1.807) is 0 Å².